The van der Waals surface area contributed by atoms with Gasteiger partial charge in [0.15, 0.2) is 0 Å². The van der Waals surface area contributed by atoms with Crippen molar-refractivity contribution in [2.24, 2.45) is 5.92 Å². The molecule has 0 bridgehead atoms. The molecule has 132 valence electrons. The normalized spacial score (nSPS) is 20.0. The van der Waals surface area contributed by atoms with Crippen LogP contribution in [-0.2, 0) is 14.3 Å². The Labute approximate surface area is 140 Å². The summed E-state index contributed by atoms with van der Waals surface area (Å²) in [7, 11) is 0.500. The van der Waals surface area contributed by atoms with E-state index in [1.165, 1.54) is 6.33 Å². The van der Waals surface area contributed by atoms with Gasteiger partial charge in [-0.05, 0) is 18.9 Å². The molecule has 0 radical (unpaired) electrons. The number of nitrogens with two attached hydrogens (primary N) is 1. The molecule has 2 N–H and O–H groups in total. The molecule has 3 rings (SSSR count). The van der Waals surface area contributed by atoms with Gasteiger partial charge >= 0.3 is 5.97 Å². The minimum Gasteiger partial charge on any atom is -0.463 e. The second-order valence-corrected chi connectivity index (χ2v) is 5.79. The van der Waals surface area contributed by atoms with Crippen molar-refractivity contribution in [1.29, 1.82) is 0 Å². The monoisotopic (exact) mass is 338 g/mol. The van der Waals surface area contributed by atoms with E-state index in [4.69, 9.17) is 15.2 Å². The molecular formula is C16H23FN4O3. The van der Waals surface area contributed by atoms with Gasteiger partial charge in [-0.25, -0.2) is 9.97 Å². The minimum atomic E-state index is -0.195. The molecule has 2 aromatic heterocycles. The number of esters is 1. The van der Waals surface area contributed by atoms with Crippen LogP contribution < -0.4 is 5.73 Å². The van der Waals surface area contributed by atoms with E-state index in [2.05, 4.69) is 9.97 Å². The number of hydrogen-bond donors (Lipinski definition) is 1. The van der Waals surface area contributed by atoms with E-state index in [1.54, 1.807) is 0 Å². The van der Waals surface area contributed by atoms with Crippen LogP contribution in [0.5, 0.6) is 0 Å². The van der Waals surface area contributed by atoms with Crippen molar-refractivity contribution in [3.05, 3.63) is 18.6 Å². The highest BCUT2D eigenvalue weighted by molar-refractivity contribution is 5.86. The number of fused-ring (bicyclic) bond motifs is 1. The van der Waals surface area contributed by atoms with E-state index < -0.39 is 0 Å². The Balaban J connectivity index is 0.00000100. The van der Waals surface area contributed by atoms with Crippen LogP contribution in [0.4, 0.5) is 10.2 Å². The second-order valence-electron chi connectivity index (χ2n) is 5.79. The Bertz CT molecular complexity index is 689. The third kappa shape index (κ3) is 3.81. The highest BCUT2D eigenvalue weighted by Crippen LogP contribution is 2.32. The predicted octanol–water partition coefficient (Wildman–Crippen LogP) is 2.48. The van der Waals surface area contributed by atoms with Gasteiger partial charge in [0.1, 0.15) is 30.6 Å². The van der Waals surface area contributed by atoms with Crippen LogP contribution in [0.3, 0.4) is 0 Å². The fourth-order valence-corrected chi connectivity index (χ4v) is 2.58. The number of nitrogens with zero attached hydrogens (tertiary/aromatic N) is 3. The summed E-state index contributed by atoms with van der Waals surface area (Å²) in [5.41, 5.74) is 6.60. The Morgan fingerprint density at radius 1 is 1.46 bits per heavy atom. The molecule has 1 saturated heterocycles. The van der Waals surface area contributed by atoms with Crippen molar-refractivity contribution in [2.75, 3.05) is 19.5 Å². The summed E-state index contributed by atoms with van der Waals surface area (Å²) in [5, 5.41) is 0.820. The van der Waals surface area contributed by atoms with Gasteiger partial charge in [0.2, 0.25) is 0 Å². The quantitative estimate of drug-likeness (QED) is 0.861. The van der Waals surface area contributed by atoms with Crippen LogP contribution in [0, 0.1) is 5.92 Å². The van der Waals surface area contributed by atoms with Crippen molar-refractivity contribution >= 4 is 22.8 Å². The fourth-order valence-electron chi connectivity index (χ4n) is 2.58. The third-order valence-electron chi connectivity index (χ3n) is 3.82. The van der Waals surface area contributed by atoms with Crippen LogP contribution in [0.1, 0.15) is 32.9 Å². The zero-order chi connectivity index (χ0) is 17.7. The maximum atomic E-state index is 11.5. The molecule has 0 spiro atoms. The van der Waals surface area contributed by atoms with E-state index in [9.17, 15) is 9.18 Å². The summed E-state index contributed by atoms with van der Waals surface area (Å²) < 4.78 is 22.7. The van der Waals surface area contributed by atoms with E-state index in [0.717, 1.165) is 23.9 Å². The zero-order valence-electron chi connectivity index (χ0n) is 14.1. The second kappa shape index (κ2) is 8.05. The molecule has 2 atom stereocenters. The summed E-state index contributed by atoms with van der Waals surface area (Å²) in [6, 6.07) is 1.89. The third-order valence-corrected chi connectivity index (χ3v) is 3.82. The smallest absolute Gasteiger partial charge is 0.308 e. The van der Waals surface area contributed by atoms with Crippen LogP contribution in [0.2, 0.25) is 0 Å². The largest absolute Gasteiger partial charge is 0.463 e. The van der Waals surface area contributed by atoms with Crippen LogP contribution in [0.25, 0.3) is 11.0 Å². The van der Waals surface area contributed by atoms with Crippen molar-refractivity contribution in [3.8, 4) is 0 Å². The standard InChI is InChI=1S/C15H20N4O3.CH3F/c1-9(2)15(20)21-7-10-3-4-12(22-10)19-6-5-11-13(16)17-8-18-14(11)19;1-2/h5-6,8-10,12H,3-4,7H2,1-2H3,(H2,16,17,18);1H3. The number of alkyl halides is 1. The molecule has 24 heavy (non-hydrogen) atoms. The van der Waals surface area contributed by atoms with Gasteiger partial charge in [-0.1, -0.05) is 13.8 Å². The average Bonchev–Trinajstić information content (AvgIpc) is 3.21. The first-order chi connectivity index (χ1) is 11.6. The van der Waals surface area contributed by atoms with Crippen molar-refractivity contribution in [1.82, 2.24) is 14.5 Å². The van der Waals surface area contributed by atoms with E-state index in [0.29, 0.717) is 19.6 Å². The molecule has 2 unspecified atom stereocenters. The van der Waals surface area contributed by atoms with Crippen molar-refractivity contribution in [2.45, 2.75) is 39.0 Å². The zero-order valence-corrected chi connectivity index (χ0v) is 14.1. The van der Waals surface area contributed by atoms with Gasteiger partial charge in [0, 0.05) is 6.20 Å². The van der Waals surface area contributed by atoms with E-state index in [1.807, 2.05) is 30.7 Å². The lowest BCUT2D eigenvalue weighted by molar-refractivity contribution is -0.152. The SMILES string of the molecule is CC(C)C(=O)OCC1CCC(n2ccc3c(N)ncnc32)O1.CF. The average molecular weight is 338 g/mol. The first-order valence-electron chi connectivity index (χ1n) is 7.83. The summed E-state index contributed by atoms with van der Waals surface area (Å²) in [5.74, 6) is 0.147. The number of anilines is 1. The Hall–Kier alpha value is -2.22. The number of ether oxygens (including phenoxy) is 2. The molecule has 7 nitrogen and oxygen atoms in total. The van der Waals surface area contributed by atoms with Crippen LogP contribution >= 0.6 is 0 Å². The number of halogens is 1. The lowest BCUT2D eigenvalue weighted by Crippen LogP contribution is -2.21. The topological polar surface area (TPSA) is 92.3 Å². The molecule has 2 aromatic rings. The van der Waals surface area contributed by atoms with Crippen molar-refractivity contribution in [3.63, 3.8) is 0 Å². The molecule has 8 heteroatoms. The summed E-state index contributed by atoms with van der Waals surface area (Å²) in [4.78, 5) is 19.8. The summed E-state index contributed by atoms with van der Waals surface area (Å²) in [6.07, 6.45) is 4.85. The van der Waals surface area contributed by atoms with Crippen LogP contribution in [0.15, 0.2) is 18.6 Å². The molecule has 1 fully saturated rings. The molecule has 3 heterocycles. The molecular weight excluding hydrogens is 315 g/mol. The van der Waals surface area contributed by atoms with Gasteiger partial charge in [-0.15, -0.1) is 0 Å². The Morgan fingerprint density at radius 3 is 2.92 bits per heavy atom. The maximum absolute atomic E-state index is 11.5. The summed E-state index contributed by atoms with van der Waals surface area (Å²) >= 11 is 0. The van der Waals surface area contributed by atoms with Gasteiger partial charge in [-0.3, -0.25) is 9.18 Å². The minimum absolute atomic E-state index is 0.0793. The molecule has 0 aliphatic carbocycles. The lowest BCUT2D eigenvalue weighted by atomic mass is 10.2. The molecule has 0 saturated carbocycles. The number of rotatable bonds is 4. The van der Waals surface area contributed by atoms with Crippen LogP contribution in [-0.4, -0.2) is 40.4 Å². The predicted molar refractivity (Wildman–Crippen MR) is 87.9 cm³/mol. The first-order valence-corrected chi connectivity index (χ1v) is 7.83. The summed E-state index contributed by atoms with van der Waals surface area (Å²) in [6.45, 7) is 3.93. The van der Waals surface area contributed by atoms with Gasteiger partial charge < -0.3 is 19.8 Å². The number of carbonyl (C=O) groups is 1. The van der Waals surface area contributed by atoms with E-state index in [-0.39, 0.29) is 24.2 Å². The number of hydrogen-bond acceptors (Lipinski definition) is 6. The molecule has 0 aromatic carbocycles. The highest BCUT2D eigenvalue weighted by atomic mass is 19.1. The van der Waals surface area contributed by atoms with Gasteiger partial charge in [0.05, 0.1) is 24.6 Å². The first kappa shape index (κ1) is 18.1. The number of nitrogen functional groups attached to an aromatic ring is 1. The number of carbonyl (C=O) groups excluding carboxylic acids is 1. The van der Waals surface area contributed by atoms with Gasteiger partial charge in [0.25, 0.3) is 0 Å². The highest BCUT2D eigenvalue weighted by Gasteiger charge is 2.29. The van der Waals surface area contributed by atoms with E-state index >= 15 is 0 Å². The van der Waals surface area contributed by atoms with Crippen molar-refractivity contribution < 1.29 is 18.7 Å². The lowest BCUT2D eigenvalue weighted by Gasteiger charge is -2.16. The number of aromatic nitrogens is 3. The maximum Gasteiger partial charge on any atom is 0.308 e. The molecule has 1 aliphatic heterocycles. The Kier molecular flexibility index (Phi) is 6.08. The molecule has 1 aliphatic rings. The molecule has 0 amide bonds. The fraction of sp³-hybridized carbons (Fsp3) is 0.562. The van der Waals surface area contributed by atoms with Gasteiger partial charge in [-0.2, -0.15) is 0 Å². The Morgan fingerprint density at radius 2 is 2.21 bits per heavy atom.